The van der Waals surface area contributed by atoms with Crippen molar-refractivity contribution in [3.05, 3.63) is 86.0 Å². The van der Waals surface area contributed by atoms with Crippen LogP contribution in [0.4, 0.5) is 0 Å². The first kappa shape index (κ1) is 29.7. The Balaban J connectivity index is 1.50. The van der Waals surface area contributed by atoms with Crippen molar-refractivity contribution < 1.29 is 19.7 Å². The lowest BCUT2D eigenvalue weighted by molar-refractivity contribution is 0.0479. The van der Waals surface area contributed by atoms with E-state index in [4.69, 9.17) is 39.5 Å². The van der Waals surface area contributed by atoms with Gasteiger partial charge in [0.1, 0.15) is 12.0 Å². The first-order chi connectivity index (χ1) is 19.6. The number of carbonyl (C=O) groups is 1. The molecule has 0 saturated heterocycles. The SMILES string of the molecule is CNC(=O)c1ccc(-c2ccc(OC(C)C)c(C(O)NC3(CO)CCc4[nH]c5c(Cl)ccc(Cl)c5c4C3)c2)cc1Cl. The van der Waals surface area contributed by atoms with E-state index in [1.807, 2.05) is 38.1 Å². The number of nitrogens with one attached hydrogen (secondary N) is 3. The zero-order chi connectivity index (χ0) is 29.5. The number of halogens is 3. The molecule has 4 aromatic rings. The fourth-order valence-electron chi connectivity index (χ4n) is 5.53. The van der Waals surface area contributed by atoms with Crippen molar-refractivity contribution in [3.63, 3.8) is 0 Å². The van der Waals surface area contributed by atoms with Crippen molar-refractivity contribution in [2.45, 2.75) is 51.0 Å². The van der Waals surface area contributed by atoms with Crippen molar-refractivity contribution in [2.24, 2.45) is 0 Å². The predicted octanol–water partition coefficient (Wildman–Crippen LogP) is 6.44. The Bertz CT molecular complexity index is 1620. The third-order valence-electron chi connectivity index (χ3n) is 7.60. The first-order valence-corrected chi connectivity index (χ1v) is 14.6. The zero-order valence-corrected chi connectivity index (χ0v) is 25.2. The molecule has 1 heterocycles. The summed E-state index contributed by atoms with van der Waals surface area (Å²) in [6.45, 7) is 3.63. The number of hydrogen-bond donors (Lipinski definition) is 5. The van der Waals surface area contributed by atoms with Crippen LogP contribution in [0.15, 0.2) is 48.5 Å². The number of aliphatic hydroxyl groups excluding tert-OH is 2. The van der Waals surface area contributed by atoms with Crippen LogP contribution < -0.4 is 15.4 Å². The van der Waals surface area contributed by atoms with Crippen LogP contribution in [0, 0.1) is 0 Å². The lowest BCUT2D eigenvalue weighted by Crippen LogP contribution is -2.53. The van der Waals surface area contributed by atoms with Crippen molar-refractivity contribution in [1.82, 2.24) is 15.6 Å². The maximum Gasteiger partial charge on any atom is 0.252 e. The lowest BCUT2D eigenvalue weighted by Gasteiger charge is -2.39. The van der Waals surface area contributed by atoms with Gasteiger partial charge in [0.05, 0.1) is 38.9 Å². The Morgan fingerprint density at radius 2 is 1.76 bits per heavy atom. The van der Waals surface area contributed by atoms with Crippen LogP contribution in [-0.2, 0) is 12.8 Å². The number of fused-ring (bicyclic) bond motifs is 3. The van der Waals surface area contributed by atoms with Gasteiger partial charge in [0, 0.05) is 29.2 Å². The highest BCUT2D eigenvalue weighted by Gasteiger charge is 2.38. The minimum Gasteiger partial charge on any atom is -0.491 e. The maximum absolute atomic E-state index is 12.1. The van der Waals surface area contributed by atoms with Crippen LogP contribution in [0.2, 0.25) is 15.1 Å². The van der Waals surface area contributed by atoms with Gasteiger partial charge in [-0.25, -0.2) is 0 Å². The number of H-pyrrole nitrogens is 1. The molecule has 1 aliphatic rings. The lowest BCUT2D eigenvalue weighted by atomic mass is 9.79. The van der Waals surface area contributed by atoms with E-state index in [0.717, 1.165) is 33.3 Å². The Morgan fingerprint density at radius 3 is 2.44 bits per heavy atom. The number of aromatic nitrogens is 1. The quantitative estimate of drug-likeness (QED) is 0.147. The number of benzene rings is 3. The largest absolute Gasteiger partial charge is 0.491 e. The fourth-order valence-corrected chi connectivity index (χ4v) is 6.28. The molecule has 216 valence electrons. The highest BCUT2D eigenvalue weighted by atomic mass is 35.5. The molecular weight excluding hydrogens is 585 g/mol. The molecule has 0 spiro atoms. The summed E-state index contributed by atoms with van der Waals surface area (Å²) in [4.78, 5) is 15.5. The van der Waals surface area contributed by atoms with Crippen LogP contribution in [-0.4, -0.2) is 46.4 Å². The summed E-state index contributed by atoms with van der Waals surface area (Å²) in [6, 6.07) is 14.3. The normalized spacial score (nSPS) is 17.5. The third-order valence-corrected chi connectivity index (χ3v) is 8.54. The van der Waals surface area contributed by atoms with E-state index in [2.05, 4.69) is 15.6 Å². The summed E-state index contributed by atoms with van der Waals surface area (Å²) in [5.74, 6) is 0.245. The summed E-state index contributed by atoms with van der Waals surface area (Å²) >= 11 is 19.4. The number of rotatable bonds is 8. The van der Waals surface area contributed by atoms with Gasteiger partial charge in [0.2, 0.25) is 0 Å². The Morgan fingerprint density at radius 1 is 1.05 bits per heavy atom. The standard InChI is InChI=1S/C31H32Cl3N3O4/c1-16(2)41-26-9-5-17(18-4-6-19(24(34)13-18)29(39)35-3)12-20(26)30(40)37-31(15-38)11-10-25-21(14-31)27-22(32)7-8-23(33)28(27)36-25/h4-9,12-13,16,30,36-38,40H,10-11,14-15H2,1-3H3,(H,35,39). The van der Waals surface area contributed by atoms with Gasteiger partial charge in [0.25, 0.3) is 5.91 Å². The second-order valence-electron chi connectivity index (χ2n) is 10.7. The summed E-state index contributed by atoms with van der Waals surface area (Å²) < 4.78 is 6.05. The molecule has 3 aromatic carbocycles. The van der Waals surface area contributed by atoms with Crippen LogP contribution in [0.25, 0.3) is 22.0 Å². The monoisotopic (exact) mass is 615 g/mol. The molecule has 0 fully saturated rings. The molecule has 0 bridgehead atoms. The average Bonchev–Trinajstić information content (AvgIpc) is 3.34. The molecule has 7 nitrogen and oxygen atoms in total. The number of hydrogen-bond acceptors (Lipinski definition) is 5. The Kier molecular flexibility index (Phi) is 8.58. The van der Waals surface area contributed by atoms with E-state index < -0.39 is 11.8 Å². The van der Waals surface area contributed by atoms with Gasteiger partial charge < -0.3 is 25.3 Å². The number of aliphatic hydroxyl groups is 2. The Hall–Kier alpha value is -2.78. The van der Waals surface area contributed by atoms with E-state index in [9.17, 15) is 15.0 Å². The highest BCUT2D eigenvalue weighted by molar-refractivity contribution is 6.40. The topological polar surface area (TPSA) is 107 Å². The number of ether oxygens (including phenoxy) is 1. The van der Waals surface area contributed by atoms with E-state index in [1.54, 1.807) is 31.3 Å². The van der Waals surface area contributed by atoms with Crippen LogP contribution in [0.3, 0.4) is 0 Å². The predicted molar refractivity (Wildman–Crippen MR) is 164 cm³/mol. The van der Waals surface area contributed by atoms with E-state index >= 15 is 0 Å². The highest BCUT2D eigenvalue weighted by Crippen LogP contribution is 2.41. The summed E-state index contributed by atoms with van der Waals surface area (Å²) in [6.07, 6.45) is 0.360. The fraction of sp³-hybridized carbons (Fsp3) is 0.323. The molecule has 0 saturated carbocycles. The van der Waals surface area contributed by atoms with Gasteiger partial charge in [-0.15, -0.1) is 0 Å². The summed E-state index contributed by atoms with van der Waals surface area (Å²) in [5.41, 5.74) is 4.41. The first-order valence-electron chi connectivity index (χ1n) is 13.4. The van der Waals surface area contributed by atoms with Gasteiger partial charge in [-0.05, 0) is 86.2 Å². The van der Waals surface area contributed by atoms with Crippen molar-refractivity contribution in [3.8, 4) is 16.9 Å². The van der Waals surface area contributed by atoms with Crippen LogP contribution >= 0.6 is 34.8 Å². The number of aryl methyl sites for hydroxylation is 1. The third kappa shape index (κ3) is 5.80. The molecule has 1 aliphatic carbocycles. The van der Waals surface area contributed by atoms with E-state index in [1.165, 1.54) is 0 Å². The van der Waals surface area contributed by atoms with Gasteiger partial charge >= 0.3 is 0 Å². The van der Waals surface area contributed by atoms with Crippen molar-refractivity contribution in [1.29, 1.82) is 0 Å². The van der Waals surface area contributed by atoms with Crippen LogP contribution in [0.5, 0.6) is 5.75 Å². The molecule has 0 aliphatic heterocycles. The minimum absolute atomic E-state index is 0.129. The number of carbonyl (C=O) groups excluding carboxylic acids is 1. The van der Waals surface area contributed by atoms with Gasteiger partial charge in [-0.1, -0.05) is 46.9 Å². The van der Waals surface area contributed by atoms with Crippen LogP contribution in [0.1, 0.15) is 53.7 Å². The molecule has 2 atom stereocenters. The van der Waals surface area contributed by atoms with E-state index in [0.29, 0.717) is 51.2 Å². The molecule has 2 unspecified atom stereocenters. The second-order valence-corrected chi connectivity index (χ2v) is 11.9. The number of amides is 1. The smallest absolute Gasteiger partial charge is 0.252 e. The van der Waals surface area contributed by atoms with Gasteiger partial charge in [0.15, 0.2) is 0 Å². The summed E-state index contributed by atoms with van der Waals surface area (Å²) in [7, 11) is 1.55. The zero-order valence-electron chi connectivity index (χ0n) is 22.9. The molecule has 10 heteroatoms. The van der Waals surface area contributed by atoms with Gasteiger partial charge in [-0.2, -0.15) is 0 Å². The maximum atomic E-state index is 12.1. The number of aromatic amines is 1. The minimum atomic E-state index is -1.16. The second kappa shape index (κ2) is 11.8. The van der Waals surface area contributed by atoms with Gasteiger partial charge in [-0.3, -0.25) is 10.1 Å². The molecule has 5 N–H and O–H groups in total. The van der Waals surface area contributed by atoms with E-state index in [-0.39, 0.29) is 18.6 Å². The van der Waals surface area contributed by atoms with Crippen molar-refractivity contribution in [2.75, 3.05) is 13.7 Å². The Labute approximate surface area is 253 Å². The molecule has 5 rings (SSSR count). The molecule has 0 radical (unpaired) electrons. The molecule has 1 amide bonds. The molecule has 1 aromatic heterocycles. The molecule has 41 heavy (non-hydrogen) atoms. The average molecular weight is 617 g/mol. The molecular formula is C31H32Cl3N3O4. The van der Waals surface area contributed by atoms with Crippen molar-refractivity contribution >= 4 is 51.6 Å². The summed E-state index contributed by atoms with van der Waals surface area (Å²) in [5, 5.41) is 30.5.